The minimum atomic E-state index is -0.317. The van der Waals surface area contributed by atoms with Gasteiger partial charge in [0, 0.05) is 4.47 Å². The summed E-state index contributed by atoms with van der Waals surface area (Å²) in [6, 6.07) is 9.24. The number of nitriles is 1. The number of nitrogens with one attached hydrogen (secondary N) is 1. The SMILES string of the molecule is CC(=O)c1c(C)oc(NC(=O)Cc2ccc(Br)cc2)c1C#N. The number of ketones is 1. The second-order valence-electron chi connectivity index (χ2n) is 4.76. The Morgan fingerprint density at radius 2 is 1.95 bits per heavy atom. The van der Waals surface area contributed by atoms with E-state index < -0.39 is 0 Å². The van der Waals surface area contributed by atoms with Gasteiger partial charge in [0.2, 0.25) is 11.8 Å². The van der Waals surface area contributed by atoms with Gasteiger partial charge in [-0.1, -0.05) is 28.1 Å². The molecule has 0 saturated carbocycles. The Morgan fingerprint density at radius 3 is 2.50 bits per heavy atom. The van der Waals surface area contributed by atoms with Crippen LogP contribution < -0.4 is 5.32 Å². The number of hydrogen-bond donors (Lipinski definition) is 1. The number of Topliss-reactive ketones (excluding diaryl/α,β-unsaturated/α-hetero) is 1. The molecule has 1 aromatic heterocycles. The van der Waals surface area contributed by atoms with E-state index in [4.69, 9.17) is 4.42 Å². The lowest BCUT2D eigenvalue weighted by Gasteiger charge is -2.03. The molecule has 2 aromatic rings. The predicted octanol–water partition coefficient (Wildman–Crippen LogP) is 3.61. The van der Waals surface area contributed by atoms with E-state index in [2.05, 4.69) is 21.2 Å². The Kier molecular flexibility index (Phi) is 4.78. The molecular weight excluding hydrogens is 348 g/mol. The van der Waals surface area contributed by atoms with Crippen LogP contribution in [0.2, 0.25) is 0 Å². The molecule has 1 amide bonds. The Morgan fingerprint density at radius 1 is 1.32 bits per heavy atom. The van der Waals surface area contributed by atoms with Gasteiger partial charge in [0.15, 0.2) is 5.78 Å². The van der Waals surface area contributed by atoms with Crippen molar-refractivity contribution in [1.29, 1.82) is 5.26 Å². The van der Waals surface area contributed by atoms with Crippen LogP contribution in [0.1, 0.15) is 34.2 Å². The highest BCUT2D eigenvalue weighted by atomic mass is 79.9. The smallest absolute Gasteiger partial charge is 0.231 e. The minimum Gasteiger partial charge on any atom is -0.443 e. The highest BCUT2D eigenvalue weighted by Gasteiger charge is 2.22. The van der Waals surface area contributed by atoms with Gasteiger partial charge in [0.05, 0.1) is 12.0 Å². The number of anilines is 1. The number of hydrogen-bond acceptors (Lipinski definition) is 4. The number of benzene rings is 1. The van der Waals surface area contributed by atoms with Crippen molar-refractivity contribution in [3.05, 3.63) is 51.2 Å². The molecule has 0 aliphatic carbocycles. The molecule has 0 bridgehead atoms. The summed E-state index contributed by atoms with van der Waals surface area (Å²) in [5, 5.41) is 11.7. The van der Waals surface area contributed by atoms with Crippen molar-refractivity contribution in [1.82, 2.24) is 0 Å². The summed E-state index contributed by atoms with van der Waals surface area (Å²) in [7, 11) is 0. The molecule has 0 spiro atoms. The molecule has 5 nitrogen and oxygen atoms in total. The van der Waals surface area contributed by atoms with Crippen LogP contribution in [0.4, 0.5) is 5.88 Å². The van der Waals surface area contributed by atoms with E-state index in [9.17, 15) is 14.9 Å². The van der Waals surface area contributed by atoms with E-state index in [0.717, 1.165) is 10.0 Å². The van der Waals surface area contributed by atoms with E-state index in [-0.39, 0.29) is 35.1 Å². The average molecular weight is 361 g/mol. The molecule has 0 aliphatic heterocycles. The molecule has 0 radical (unpaired) electrons. The average Bonchev–Trinajstić information content (AvgIpc) is 2.76. The summed E-state index contributed by atoms with van der Waals surface area (Å²) < 4.78 is 6.27. The van der Waals surface area contributed by atoms with Gasteiger partial charge in [0.25, 0.3) is 0 Å². The van der Waals surface area contributed by atoms with E-state index in [0.29, 0.717) is 5.76 Å². The van der Waals surface area contributed by atoms with Gasteiger partial charge in [-0.15, -0.1) is 0 Å². The summed E-state index contributed by atoms with van der Waals surface area (Å²) in [6.07, 6.45) is 0.146. The van der Waals surface area contributed by atoms with E-state index in [1.165, 1.54) is 6.92 Å². The number of nitrogens with zero attached hydrogens (tertiary/aromatic N) is 1. The number of carbonyl (C=O) groups excluding carboxylic acids is 2. The zero-order valence-electron chi connectivity index (χ0n) is 12.1. The third-order valence-electron chi connectivity index (χ3n) is 3.08. The highest BCUT2D eigenvalue weighted by Crippen LogP contribution is 2.26. The van der Waals surface area contributed by atoms with Crippen LogP contribution in [-0.2, 0) is 11.2 Å². The lowest BCUT2D eigenvalue weighted by Crippen LogP contribution is -2.14. The first-order chi connectivity index (χ1) is 10.4. The summed E-state index contributed by atoms with van der Waals surface area (Å²) in [4.78, 5) is 23.6. The Hall–Kier alpha value is -2.39. The number of carbonyl (C=O) groups is 2. The molecule has 1 aromatic carbocycles. The predicted molar refractivity (Wildman–Crippen MR) is 84.6 cm³/mol. The molecule has 22 heavy (non-hydrogen) atoms. The maximum absolute atomic E-state index is 12.0. The van der Waals surface area contributed by atoms with E-state index >= 15 is 0 Å². The molecular formula is C16H13BrN2O3. The van der Waals surface area contributed by atoms with Crippen LogP contribution >= 0.6 is 15.9 Å². The second kappa shape index (κ2) is 6.58. The van der Waals surface area contributed by atoms with Gasteiger partial charge in [-0.3, -0.25) is 14.9 Å². The van der Waals surface area contributed by atoms with Crippen molar-refractivity contribution in [3.8, 4) is 6.07 Å². The number of furan rings is 1. The van der Waals surface area contributed by atoms with Gasteiger partial charge in [-0.2, -0.15) is 5.26 Å². The van der Waals surface area contributed by atoms with Crippen LogP contribution in [0.15, 0.2) is 33.2 Å². The van der Waals surface area contributed by atoms with Crippen molar-refractivity contribution in [2.45, 2.75) is 20.3 Å². The quantitative estimate of drug-likeness (QED) is 0.844. The molecule has 2 rings (SSSR count). The first-order valence-corrected chi connectivity index (χ1v) is 7.30. The standard InChI is InChI=1S/C16H13BrN2O3/c1-9(20)15-10(2)22-16(13(15)8-18)19-14(21)7-11-3-5-12(17)6-4-11/h3-6H,7H2,1-2H3,(H,19,21). The maximum atomic E-state index is 12.0. The zero-order chi connectivity index (χ0) is 16.3. The topological polar surface area (TPSA) is 83.1 Å². The van der Waals surface area contributed by atoms with Crippen molar-refractivity contribution >= 4 is 33.5 Å². The van der Waals surface area contributed by atoms with Crippen molar-refractivity contribution < 1.29 is 14.0 Å². The third kappa shape index (κ3) is 3.43. The maximum Gasteiger partial charge on any atom is 0.231 e. The van der Waals surface area contributed by atoms with Crippen molar-refractivity contribution in [2.75, 3.05) is 5.32 Å². The fourth-order valence-corrected chi connectivity index (χ4v) is 2.39. The molecule has 0 aliphatic rings. The normalized spacial score (nSPS) is 10.1. The lowest BCUT2D eigenvalue weighted by atomic mass is 10.1. The third-order valence-corrected chi connectivity index (χ3v) is 3.61. The van der Waals surface area contributed by atoms with Crippen LogP contribution in [-0.4, -0.2) is 11.7 Å². The number of aryl methyl sites for hydroxylation is 1. The van der Waals surface area contributed by atoms with E-state index in [1.807, 2.05) is 30.3 Å². The summed E-state index contributed by atoms with van der Waals surface area (Å²) in [5.74, 6) is -0.246. The van der Waals surface area contributed by atoms with Crippen LogP contribution in [0.25, 0.3) is 0 Å². The van der Waals surface area contributed by atoms with Gasteiger partial charge >= 0.3 is 0 Å². The summed E-state index contributed by atoms with van der Waals surface area (Å²) in [6.45, 7) is 2.94. The Balaban J connectivity index is 2.19. The zero-order valence-corrected chi connectivity index (χ0v) is 13.7. The number of amides is 1. The largest absolute Gasteiger partial charge is 0.443 e. The van der Waals surface area contributed by atoms with Crippen LogP contribution in [0, 0.1) is 18.3 Å². The molecule has 0 fully saturated rings. The first kappa shape index (κ1) is 16.0. The Bertz CT molecular complexity index is 770. The molecule has 0 atom stereocenters. The summed E-state index contributed by atoms with van der Waals surface area (Å²) >= 11 is 3.33. The monoisotopic (exact) mass is 360 g/mol. The number of rotatable bonds is 4. The fraction of sp³-hybridized carbons (Fsp3) is 0.188. The number of halogens is 1. The van der Waals surface area contributed by atoms with Gasteiger partial charge in [-0.25, -0.2) is 0 Å². The fourth-order valence-electron chi connectivity index (χ4n) is 2.12. The first-order valence-electron chi connectivity index (χ1n) is 6.51. The molecule has 1 N–H and O–H groups in total. The lowest BCUT2D eigenvalue weighted by molar-refractivity contribution is -0.115. The van der Waals surface area contributed by atoms with Crippen LogP contribution in [0.3, 0.4) is 0 Å². The summed E-state index contributed by atoms with van der Waals surface area (Å²) in [5.41, 5.74) is 1.10. The molecule has 1 heterocycles. The van der Waals surface area contributed by atoms with Gasteiger partial charge in [-0.05, 0) is 31.5 Å². The molecule has 6 heteroatoms. The minimum absolute atomic E-state index is 0.0207. The highest BCUT2D eigenvalue weighted by molar-refractivity contribution is 9.10. The van der Waals surface area contributed by atoms with Crippen LogP contribution in [0.5, 0.6) is 0 Å². The molecule has 112 valence electrons. The molecule has 0 unspecified atom stereocenters. The van der Waals surface area contributed by atoms with E-state index in [1.54, 1.807) is 6.92 Å². The second-order valence-corrected chi connectivity index (χ2v) is 5.67. The van der Waals surface area contributed by atoms with Crippen molar-refractivity contribution in [3.63, 3.8) is 0 Å². The van der Waals surface area contributed by atoms with Gasteiger partial charge < -0.3 is 4.42 Å². The Labute approximate surface area is 136 Å². The van der Waals surface area contributed by atoms with Crippen molar-refractivity contribution in [2.24, 2.45) is 0 Å². The van der Waals surface area contributed by atoms with Gasteiger partial charge in [0.1, 0.15) is 17.4 Å². The molecule has 0 saturated heterocycles.